The van der Waals surface area contributed by atoms with E-state index < -0.39 is 58.9 Å². The van der Waals surface area contributed by atoms with Gasteiger partial charge in [0.2, 0.25) is 0 Å². The third-order valence-corrected chi connectivity index (χ3v) is 11.5. The second kappa shape index (κ2) is 7.39. The summed E-state index contributed by atoms with van der Waals surface area (Å²) in [6, 6.07) is 0. The Balaban J connectivity index is 5.99. The Kier molecular flexibility index (Phi) is 7.43. The average molecular weight is 397 g/mol. The van der Waals surface area contributed by atoms with Crippen LogP contribution in [0.2, 0.25) is 58.9 Å². The first-order chi connectivity index (χ1) is 10.3. The van der Waals surface area contributed by atoms with Gasteiger partial charge in [0.1, 0.15) is 37.0 Å². The molecule has 0 bridgehead atoms. The molecule has 0 aromatic carbocycles. The molecule has 0 saturated heterocycles. The molecule has 0 radical (unpaired) electrons. The molecule has 144 valence electrons. The molecule has 0 aliphatic rings. The zero-order chi connectivity index (χ0) is 19.9. The Labute approximate surface area is 148 Å². The topological polar surface area (TPSA) is 118 Å². The van der Waals surface area contributed by atoms with Crippen molar-refractivity contribution in [1.29, 1.82) is 0 Å². The Hall–Kier alpha value is 0.121. The molecule has 0 aliphatic carbocycles. The third-order valence-electron chi connectivity index (χ3n) is 4.60. The fraction of sp³-hybridized carbons (Fsp3) is 0.933. The highest BCUT2D eigenvalue weighted by Crippen LogP contribution is 2.34. The smallest absolute Gasteiger partial charge is 0.141 e. The number of carbonyl (C=O) groups excluding carboxylic acids is 1. The second-order valence-corrected chi connectivity index (χ2v) is 25.5. The first-order valence-electron chi connectivity index (χ1n) is 8.28. The van der Waals surface area contributed by atoms with Gasteiger partial charge in [-0.3, -0.25) is 0 Å². The van der Waals surface area contributed by atoms with Crippen LogP contribution in [-0.4, -0.2) is 84.4 Å². The van der Waals surface area contributed by atoms with Crippen molar-refractivity contribution < 1.29 is 30.3 Å². The molecule has 0 spiro atoms. The molecule has 6 nitrogen and oxygen atoms in total. The van der Waals surface area contributed by atoms with Gasteiger partial charge in [-0.2, -0.15) is 0 Å². The Morgan fingerprint density at radius 3 is 1.42 bits per heavy atom. The highest BCUT2D eigenvalue weighted by atomic mass is 28.3. The Bertz CT molecular complexity index is 452. The van der Waals surface area contributed by atoms with E-state index in [1.54, 1.807) is 39.3 Å². The summed E-state index contributed by atoms with van der Waals surface area (Å²) in [7, 11) is -7.39. The summed E-state index contributed by atoms with van der Waals surface area (Å²) >= 11 is 0. The number of carbonyl (C=O) groups is 1. The van der Waals surface area contributed by atoms with Gasteiger partial charge in [-0.15, -0.1) is 0 Å². The molecule has 0 saturated carbocycles. The SMILES string of the molecule is C[Si](C)(C)C(=O)[C@H](O)[C@@H](O)[C@](O)([C@H](O)C(O)[Si](C)(C)C)[Si](C)(C)C. The van der Waals surface area contributed by atoms with Crippen molar-refractivity contribution in [2.75, 3.05) is 0 Å². The van der Waals surface area contributed by atoms with Crippen molar-refractivity contribution in [3.05, 3.63) is 0 Å². The number of hydrogen-bond acceptors (Lipinski definition) is 6. The van der Waals surface area contributed by atoms with Crippen LogP contribution in [0, 0.1) is 0 Å². The lowest BCUT2D eigenvalue weighted by atomic mass is 10.0. The molecular formula is C15H36O6Si3. The largest absolute Gasteiger partial charge is 0.394 e. The zero-order valence-electron chi connectivity index (χ0n) is 16.5. The van der Waals surface area contributed by atoms with Crippen molar-refractivity contribution in [1.82, 2.24) is 0 Å². The summed E-state index contributed by atoms with van der Waals surface area (Å²) in [5.74, 6) is 0. The second-order valence-electron chi connectivity index (χ2n) is 9.83. The van der Waals surface area contributed by atoms with E-state index in [2.05, 4.69) is 0 Å². The van der Waals surface area contributed by atoms with Crippen molar-refractivity contribution >= 4 is 29.6 Å². The van der Waals surface area contributed by atoms with Crippen molar-refractivity contribution in [2.45, 2.75) is 88.2 Å². The quantitative estimate of drug-likeness (QED) is 0.378. The maximum atomic E-state index is 12.4. The third kappa shape index (κ3) is 4.85. The molecule has 5 atom stereocenters. The minimum absolute atomic E-state index is 0.485. The highest BCUT2D eigenvalue weighted by molar-refractivity contribution is 7.04. The van der Waals surface area contributed by atoms with Crippen molar-refractivity contribution in [3.8, 4) is 0 Å². The first kappa shape index (κ1) is 24.1. The van der Waals surface area contributed by atoms with Crippen LogP contribution in [0.25, 0.3) is 0 Å². The van der Waals surface area contributed by atoms with Crippen LogP contribution in [0.4, 0.5) is 0 Å². The van der Waals surface area contributed by atoms with Gasteiger partial charge in [0.25, 0.3) is 0 Å². The number of aliphatic hydroxyl groups is 5. The molecule has 0 amide bonds. The van der Waals surface area contributed by atoms with Gasteiger partial charge in [-0.05, 0) is 0 Å². The van der Waals surface area contributed by atoms with Crippen LogP contribution < -0.4 is 0 Å². The van der Waals surface area contributed by atoms with E-state index in [-0.39, 0.29) is 0 Å². The molecule has 9 heteroatoms. The molecule has 0 heterocycles. The lowest BCUT2D eigenvalue weighted by Gasteiger charge is -2.49. The monoisotopic (exact) mass is 396 g/mol. The van der Waals surface area contributed by atoms with E-state index in [1.807, 2.05) is 19.6 Å². The molecule has 0 aromatic heterocycles. The lowest BCUT2D eigenvalue weighted by molar-refractivity contribution is -0.160. The van der Waals surface area contributed by atoms with Crippen LogP contribution in [0.1, 0.15) is 0 Å². The normalized spacial score (nSPS) is 21.6. The van der Waals surface area contributed by atoms with E-state index in [0.717, 1.165) is 0 Å². The van der Waals surface area contributed by atoms with Crippen LogP contribution in [-0.2, 0) is 4.79 Å². The lowest BCUT2D eigenvalue weighted by Crippen LogP contribution is -2.74. The average Bonchev–Trinajstić information content (AvgIpc) is 2.38. The minimum atomic E-state index is -2.73. The molecule has 0 aromatic rings. The number of rotatable bonds is 8. The summed E-state index contributed by atoms with van der Waals surface area (Å²) in [6.07, 6.45) is -5.25. The fourth-order valence-corrected chi connectivity index (χ4v) is 7.11. The Morgan fingerprint density at radius 1 is 0.792 bits per heavy atom. The van der Waals surface area contributed by atoms with Gasteiger partial charge in [-0.1, -0.05) is 58.9 Å². The minimum Gasteiger partial charge on any atom is -0.394 e. The molecule has 24 heavy (non-hydrogen) atoms. The zero-order valence-corrected chi connectivity index (χ0v) is 19.5. The van der Waals surface area contributed by atoms with Gasteiger partial charge >= 0.3 is 0 Å². The maximum Gasteiger partial charge on any atom is 0.141 e. The molecule has 0 fully saturated rings. The summed E-state index contributed by atoms with van der Waals surface area (Å²) in [5, 5.41) is 50.9. The van der Waals surface area contributed by atoms with E-state index in [0.29, 0.717) is 0 Å². The van der Waals surface area contributed by atoms with Crippen LogP contribution >= 0.6 is 0 Å². The maximum absolute atomic E-state index is 12.4. The van der Waals surface area contributed by atoms with Crippen LogP contribution in [0.5, 0.6) is 0 Å². The predicted octanol–water partition coefficient (Wildman–Crippen LogP) is 0.362. The van der Waals surface area contributed by atoms with E-state index >= 15 is 0 Å². The molecule has 1 unspecified atom stereocenters. The number of hydrogen-bond donors (Lipinski definition) is 5. The standard InChI is InChI=1S/C15H36O6Si3/c1-22(2,3)13(19)10(16)11(17)15(21,24(7,8)9)12(18)14(20)23(4,5)6/h10-12,14,16-18,20-21H,1-9H3/t10-,11-,12-,14?,15-/m1/s1. The molecular weight excluding hydrogens is 360 g/mol. The van der Waals surface area contributed by atoms with Gasteiger partial charge in [0, 0.05) is 0 Å². The molecule has 0 aliphatic heterocycles. The predicted molar refractivity (Wildman–Crippen MR) is 104 cm³/mol. The van der Waals surface area contributed by atoms with E-state index in [9.17, 15) is 30.3 Å². The van der Waals surface area contributed by atoms with E-state index in [4.69, 9.17) is 0 Å². The van der Waals surface area contributed by atoms with Gasteiger partial charge in [-0.25, -0.2) is 0 Å². The van der Waals surface area contributed by atoms with E-state index in [1.165, 1.54) is 0 Å². The molecule has 5 N–H and O–H groups in total. The van der Waals surface area contributed by atoms with Crippen LogP contribution in [0.3, 0.4) is 0 Å². The first-order valence-corrected chi connectivity index (χ1v) is 18.9. The highest BCUT2D eigenvalue weighted by Gasteiger charge is 2.59. The Morgan fingerprint density at radius 2 is 1.17 bits per heavy atom. The number of aliphatic hydroxyl groups excluding tert-OH is 4. The van der Waals surface area contributed by atoms with Crippen molar-refractivity contribution in [2.24, 2.45) is 0 Å². The summed E-state index contributed by atoms with van der Waals surface area (Å²) in [6.45, 7) is 15.9. The van der Waals surface area contributed by atoms with Gasteiger partial charge in [0.05, 0.1) is 21.9 Å². The van der Waals surface area contributed by atoms with Gasteiger partial charge in [0.15, 0.2) is 0 Å². The summed E-state index contributed by atoms with van der Waals surface area (Å²) in [5.41, 5.74) is -1.20. The summed E-state index contributed by atoms with van der Waals surface area (Å²) < 4.78 is 0. The van der Waals surface area contributed by atoms with Crippen LogP contribution in [0.15, 0.2) is 0 Å². The van der Waals surface area contributed by atoms with Gasteiger partial charge < -0.3 is 30.3 Å². The fourth-order valence-electron chi connectivity index (χ4n) is 2.60. The molecule has 0 rings (SSSR count). The summed E-state index contributed by atoms with van der Waals surface area (Å²) in [4.78, 5) is 12.4. The van der Waals surface area contributed by atoms with Crippen molar-refractivity contribution in [3.63, 3.8) is 0 Å².